The molecular weight excluding hydrogens is 158 g/mol. The molecule has 0 saturated carbocycles. The Balaban J connectivity index is 4.15. The highest BCUT2D eigenvalue weighted by molar-refractivity contribution is 6.03. The van der Waals surface area contributed by atoms with Crippen LogP contribution in [-0.4, -0.2) is 23.4 Å². The van der Waals surface area contributed by atoms with Gasteiger partial charge in [-0.05, 0) is 20.8 Å². The van der Waals surface area contributed by atoms with E-state index in [0.717, 1.165) is 0 Å². The molecule has 0 fully saturated rings. The van der Waals surface area contributed by atoms with Gasteiger partial charge in [-0.1, -0.05) is 0 Å². The zero-order chi connectivity index (χ0) is 9.94. The lowest BCUT2D eigenvalue weighted by atomic mass is 10.1. The van der Waals surface area contributed by atoms with Crippen LogP contribution in [0.3, 0.4) is 0 Å². The predicted molar refractivity (Wildman–Crippen MR) is 45.1 cm³/mol. The van der Waals surface area contributed by atoms with Gasteiger partial charge in [0.1, 0.15) is 0 Å². The van der Waals surface area contributed by atoms with E-state index < -0.39 is 23.4 Å². The quantitative estimate of drug-likeness (QED) is 0.453. The maximum Gasteiger partial charge on any atom is 0.247 e. The zero-order valence-electron chi connectivity index (χ0n) is 7.55. The molecule has 0 aromatic carbocycles. The average molecular weight is 173 g/mol. The molecule has 0 aliphatic rings. The monoisotopic (exact) mass is 173 g/mol. The summed E-state index contributed by atoms with van der Waals surface area (Å²) in [6.07, 6.45) is 0. The third kappa shape index (κ3) is 3.92. The van der Waals surface area contributed by atoms with Crippen LogP contribution in [0.1, 0.15) is 20.8 Å². The molecule has 5 nitrogen and oxygen atoms in total. The van der Waals surface area contributed by atoms with Gasteiger partial charge in [-0.2, -0.15) is 0 Å². The summed E-state index contributed by atoms with van der Waals surface area (Å²) in [5, 5.41) is 2.54. The minimum atomic E-state index is -1.26. The van der Waals surface area contributed by atoms with E-state index in [9.17, 15) is 9.59 Å². The third-order valence-corrected chi connectivity index (χ3v) is 1.09. The molecule has 0 aromatic rings. The Morgan fingerprint density at radius 2 is 1.75 bits per heavy atom. The molecule has 0 aliphatic carbocycles. The van der Waals surface area contributed by atoms with Crippen molar-refractivity contribution < 1.29 is 9.59 Å². The maximum absolute atomic E-state index is 11.1. The first-order valence-corrected chi connectivity index (χ1v) is 3.61. The van der Waals surface area contributed by atoms with E-state index in [1.807, 2.05) is 0 Å². The summed E-state index contributed by atoms with van der Waals surface area (Å²) in [5.41, 5.74) is 9.61. The number of hydrogen-bond donors (Lipinski definition) is 3. The predicted octanol–water partition coefficient (Wildman–Crippen LogP) is -1.29. The summed E-state index contributed by atoms with van der Waals surface area (Å²) in [7, 11) is 0. The largest absolute Gasteiger partial charge is 0.368 e. The lowest BCUT2D eigenvalue weighted by molar-refractivity contribution is -0.130. The van der Waals surface area contributed by atoms with Crippen molar-refractivity contribution >= 4 is 11.8 Å². The van der Waals surface area contributed by atoms with Gasteiger partial charge in [0.15, 0.2) is 6.04 Å². The van der Waals surface area contributed by atoms with E-state index in [0.29, 0.717) is 0 Å². The second-order valence-corrected chi connectivity index (χ2v) is 3.62. The van der Waals surface area contributed by atoms with Crippen molar-refractivity contribution in [1.29, 1.82) is 0 Å². The first-order chi connectivity index (χ1) is 5.24. The number of carbonyl (C=O) groups is 2. The van der Waals surface area contributed by atoms with Crippen LogP contribution in [0.25, 0.3) is 0 Å². The lowest BCUT2D eigenvalue weighted by Crippen LogP contribution is -2.54. The van der Waals surface area contributed by atoms with Crippen LogP contribution in [0.4, 0.5) is 0 Å². The fourth-order valence-corrected chi connectivity index (χ4v) is 0.577. The molecule has 0 radical (unpaired) electrons. The first-order valence-electron chi connectivity index (χ1n) is 3.61. The zero-order valence-corrected chi connectivity index (χ0v) is 7.55. The van der Waals surface area contributed by atoms with E-state index >= 15 is 0 Å². The molecule has 0 aromatic heterocycles. The Morgan fingerprint density at radius 3 is 2.00 bits per heavy atom. The molecule has 0 spiro atoms. The van der Waals surface area contributed by atoms with Gasteiger partial charge in [-0.15, -0.1) is 0 Å². The van der Waals surface area contributed by atoms with Crippen LogP contribution in [0, 0.1) is 0 Å². The van der Waals surface area contributed by atoms with Gasteiger partial charge in [0, 0.05) is 5.54 Å². The minimum absolute atomic E-state index is 0.399. The summed E-state index contributed by atoms with van der Waals surface area (Å²) in [5.74, 6) is -1.37. The molecule has 0 rings (SSSR count). The summed E-state index contributed by atoms with van der Waals surface area (Å²) in [4.78, 5) is 21.5. The molecule has 0 heterocycles. The van der Waals surface area contributed by atoms with Gasteiger partial charge in [0.2, 0.25) is 11.8 Å². The average Bonchev–Trinajstić information content (AvgIpc) is 1.82. The Kier molecular flexibility index (Phi) is 3.21. The van der Waals surface area contributed by atoms with Crippen molar-refractivity contribution in [3.05, 3.63) is 0 Å². The van der Waals surface area contributed by atoms with Crippen LogP contribution >= 0.6 is 0 Å². The Labute approximate surface area is 71.5 Å². The molecule has 12 heavy (non-hydrogen) atoms. The smallest absolute Gasteiger partial charge is 0.247 e. The number of nitrogens with two attached hydrogens (primary N) is 2. The standard InChI is InChI=1S/C7H15N3O2/c1-7(2,3)10-6(12)4(8)5(9)11/h4H,8H2,1-3H3,(H2,9,11)(H,10,12). The highest BCUT2D eigenvalue weighted by atomic mass is 16.2. The van der Waals surface area contributed by atoms with Gasteiger partial charge in [-0.25, -0.2) is 0 Å². The minimum Gasteiger partial charge on any atom is -0.368 e. The maximum atomic E-state index is 11.1. The molecule has 1 atom stereocenters. The molecule has 5 N–H and O–H groups in total. The van der Waals surface area contributed by atoms with E-state index in [2.05, 4.69) is 5.32 Å². The third-order valence-electron chi connectivity index (χ3n) is 1.09. The summed E-state index contributed by atoms with van der Waals surface area (Å²) >= 11 is 0. The highest BCUT2D eigenvalue weighted by Gasteiger charge is 2.23. The molecule has 0 saturated heterocycles. The van der Waals surface area contributed by atoms with Crippen LogP contribution in [0.15, 0.2) is 0 Å². The van der Waals surface area contributed by atoms with Crippen LogP contribution in [0.2, 0.25) is 0 Å². The van der Waals surface area contributed by atoms with Crippen LogP contribution in [0.5, 0.6) is 0 Å². The Bertz CT molecular complexity index is 195. The number of primary amides is 1. The summed E-state index contributed by atoms with van der Waals surface area (Å²) in [6, 6.07) is -1.26. The first kappa shape index (κ1) is 10.9. The van der Waals surface area contributed by atoms with E-state index in [1.165, 1.54) is 0 Å². The van der Waals surface area contributed by atoms with E-state index in [4.69, 9.17) is 11.5 Å². The fraction of sp³-hybridized carbons (Fsp3) is 0.714. The van der Waals surface area contributed by atoms with E-state index in [-0.39, 0.29) is 0 Å². The van der Waals surface area contributed by atoms with Crippen molar-refractivity contribution in [2.75, 3.05) is 0 Å². The molecule has 1 unspecified atom stereocenters. The van der Waals surface area contributed by atoms with Gasteiger partial charge in [0.25, 0.3) is 0 Å². The van der Waals surface area contributed by atoms with Crippen LogP contribution in [-0.2, 0) is 9.59 Å². The fourth-order valence-electron chi connectivity index (χ4n) is 0.577. The van der Waals surface area contributed by atoms with Crippen molar-refractivity contribution in [1.82, 2.24) is 5.32 Å². The SMILES string of the molecule is CC(C)(C)NC(=O)C(N)C(N)=O. The van der Waals surface area contributed by atoms with E-state index in [1.54, 1.807) is 20.8 Å². The number of carbonyl (C=O) groups excluding carboxylic acids is 2. The number of amides is 2. The second-order valence-electron chi connectivity index (χ2n) is 3.62. The molecule has 5 heteroatoms. The van der Waals surface area contributed by atoms with Crippen molar-refractivity contribution in [3.8, 4) is 0 Å². The topological polar surface area (TPSA) is 98.2 Å². The Morgan fingerprint density at radius 1 is 1.33 bits per heavy atom. The van der Waals surface area contributed by atoms with Crippen molar-refractivity contribution in [3.63, 3.8) is 0 Å². The second kappa shape index (κ2) is 3.53. The molecule has 0 aliphatic heterocycles. The summed E-state index contributed by atoms with van der Waals surface area (Å²) < 4.78 is 0. The van der Waals surface area contributed by atoms with Gasteiger partial charge in [-0.3, -0.25) is 9.59 Å². The normalized spacial score (nSPS) is 13.7. The number of nitrogens with one attached hydrogen (secondary N) is 1. The molecule has 0 bridgehead atoms. The number of hydrogen-bond acceptors (Lipinski definition) is 3. The summed E-state index contributed by atoms with van der Waals surface area (Å²) in [6.45, 7) is 5.37. The Hall–Kier alpha value is -1.10. The molecule has 70 valence electrons. The van der Waals surface area contributed by atoms with Crippen molar-refractivity contribution in [2.45, 2.75) is 32.4 Å². The van der Waals surface area contributed by atoms with Gasteiger partial charge in [0.05, 0.1) is 0 Å². The van der Waals surface area contributed by atoms with Crippen LogP contribution < -0.4 is 16.8 Å². The van der Waals surface area contributed by atoms with Crippen molar-refractivity contribution in [2.24, 2.45) is 11.5 Å². The lowest BCUT2D eigenvalue weighted by Gasteiger charge is -2.21. The highest BCUT2D eigenvalue weighted by Crippen LogP contribution is 1.98. The van der Waals surface area contributed by atoms with Gasteiger partial charge < -0.3 is 16.8 Å². The molecule has 2 amide bonds. The number of rotatable bonds is 2. The molecular formula is C7H15N3O2. The van der Waals surface area contributed by atoms with Gasteiger partial charge >= 0.3 is 0 Å².